The fourth-order valence-corrected chi connectivity index (χ4v) is 1.36. The Labute approximate surface area is 96.0 Å². The second-order valence-corrected chi connectivity index (χ2v) is 4.10. The third kappa shape index (κ3) is 3.45. The normalized spacial score (nSPS) is 15.4. The molecule has 3 nitrogen and oxygen atoms in total. The van der Waals surface area contributed by atoms with Gasteiger partial charge < -0.3 is 10.8 Å². The van der Waals surface area contributed by atoms with Crippen LogP contribution in [0.15, 0.2) is 24.3 Å². The number of carboxylic acids is 1. The lowest BCUT2D eigenvalue weighted by Gasteiger charge is -2.19. The zero-order valence-electron chi connectivity index (χ0n) is 9.08. The van der Waals surface area contributed by atoms with Crippen molar-refractivity contribution >= 4 is 5.97 Å². The molecule has 17 heavy (non-hydrogen) atoms. The monoisotopic (exact) mass is 247 g/mol. The van der Waals surface area contributed by atoms with Crippen molar-refractivity contribution in [3.8, 4) is 0 Å². The molecule has 0 aliphatic carbocycles. The summed E-state index contributed by atoms with van der Waals surface area (Å²) in [6.45, 7) is 1.26. The van der Waals surface area contributed by atoms with Crippen molar-refractivity contribution < 1.29 is 23.1 Å². The van der Waals surface area contributed by atoms with E-state index in [9.17, 15) is 18.0 Å². The molecular weight excluding hydrogens is 235 g/mol. The van der Waals surface area contributed by atoms with E-state index in [-0.39, 0.29) is 12.0 Å². The van der Waals surface area contributed by atoms with Gasteiger partial charge in [-0.2, -0.15) is 13.2 Å². The fourth-order valence-electron chi connectivity index (χ4n) is 1.36. The van der Waals surface area contributed by atoms with Crippen LogP contribution < -0.4 is 5.73 Å². The topological polar surface area (TPSA) is 63.3 Å². The Balaban J connectivity index is 2.98. The summed E-state index contributed by atoms with van der Waals surface area (Å²) in [5.74, 6) is -1.25. The molecule has 0 spiro atoms. The number of hydrogen-bond donors (Lipinski definition) is 2. The van der Waals surface area contributed by atoms with E-state index in [0.717, 1.165) is 12.1 Å². The first-order valence-corrected chi connectivity index (χ1v) is 4.81. The van der Waals surface area contributed by atoms with Gasteiger partial charge in [0.25, 0.3) is 0 Å². The standard InChI is InChI=1S/C11H12F3NO2/c1-10(15,9(16)17)6-7-3-2-4-8(5-7)11(12,13)14/h2-5H,6,15H2,1H3,(H,16,17)/t10-/m0/s1. The van der Waals surface area contributed by atoms with Crippen LogP contribution in [0.1, 0.15) is 18.1 Å². The van der Waals surface area contributed by atoms with E-state index in [1.165, 1.54) is 19.1 Å². The molecule has 0 fully saturated rings. The van der Waals surface area contributed by atoms with Crippen molar-refractivity contribution in [2.24, 2.45) is 5.73 Å². The van der Waals surface area contributed by atoms with Gasteiger partial charge >= 0.3 is 12.1 Å². The van der Waals surface area contributed by atoms with Crippen molar-refractivity contribution in [1.29, 1.82) is 0 Å². The fraction of sp³-hybridized carbons (Fsp3) is 0.364. The molecule has 6 heteroatoms. The number of rotatable bonds is 3. The molecule has 94 valence electrons. The summed E-state index contributed by atoms with van der Waals surface area (Å²) < 4.78 is 37.2. The smallest absolute Gasteiger partial charge is 0.416 e. The lowest BCUT2D eigenvalue weighted by molar-refractivity contribution is -0.142. The van der Waals surface area contributed by atoms with Crippen LogP contribution in [-0.2, 0) is 17.4 Å². The maximum atomic E-state index is 12.4. The van der Waals surface area contributed by atoms with E-state index in [0.29, 0.717) is 0 Å². The Morgan fingerprint density at radius 2 is 2.00 bits per heavy atom. The van der Waals surface area contributed by atoms with Gasteiger partial charge in [-0.3, -0.25) is 4.79 Å². The molecule has 0 unspecified atom stereocenters. The summed E-state index contributed by atoms with van der Waals surface area (Å²) in [4.78, 5) is 10.8. The Bertz CT molecular complexity index is 427. The van der Waals surface area contributed by atoms with E-state index < -0.39 is 23.2 Å². The summed E-state index contributed by atoms with van der Waals surface area (Å²) in [5.41, 5.74) is 3.32. The highest BCUT2D eigenvalue weighted by atomic mass is 19.4. The predicted octanol–water partition coefficient (Wildman–Crippen LogP) is 2.05. The molecule has 0 aromatic heterocycles. The largest absolute Gasteiger partial charge is 0.480 e. The SMILES string of the molecule is C[C@](N)(Cc1cccc(C(F)(F)F)c1)C(=O)O. The average Bonchev–Trinajstić information content (AvgIpc) is 2.15. The number of hydrogen-bond acceptors (Lipinski definition) is 2. The molecule has 0 heterocycles. The first kappa shape index (κ1) is 13.5. The Kier molecular flexibility index (Phi) is 3.47. The summed E-state index contributed by atoms with van der Waals surface area (Å²) in [7, 11) is 0. The highest BCUT2D eigenvalue weighted by molar-refractivity contribution is 5.78. The van der Waals surface area contributed by atoms with Crippen molar-refractivity contribution in [3.05, 3.63) is 35.4 Å². The molecule has 0 radical (unpaired) electrons. The Morgan fingerprint density at radius 1 is 1.41 bits per heavy atom. The van der Waals surface area contributed by atoms with Gasteiger partial charge in [0.15, 0.2) is 0 Å². The Morgan fingerprint density at radius 3 is 2.47 bits per heavy atom. The van der Waals surface area contributed by atoms with E-state index in [4.69, 9.17) is 10.8 Å². The summed E-state index contributed by atoms with van der Waals surface area (Å²) in [6.07, 6.45) is -4.60. The van der Waals surface area contributed by atoms with Gasteiger partial charge in [0.2, 0.25) is 0 Å². The van der Waals surface area contributed by atoms with Crippen molar-refractivity contribution in [2.75, 3.05) is 0 Å². The molecule has 1 aromatic carbocycles. The van der Waals surface area contributed by atoms with Gasteiger partial charge in [-0.1, -0.05) is 18.2 Å². The highest BCUT2D eigenvalue weighted by Crippen LogP contribution is 2.30. The second-order valence-electron chi connectivity index (χ2n) is 4.10. The van der Waals surface area contributed by atoms with E-state index >= 15 is 0 Å². The van der Waals surface area contributed by atoms with E-state index in [2.05, 4.69) is 0 Å². The van der Waals surface area contributed by atoms with Crippen LogP contribution in [0.4, 0.5) is 13.2 Å². The van der Waals surface area contributed by atoms with Gasteiger partial charge in [0, 0.05) is 6.42 Å². The van der Waals surface area contributed by atoms with Crippen molar-refractivity contribution in [1.82, 2.24) is 0 Å². The quantitative estimate of drug-likeness (QED) is 0.859. The first-order valence-electron chi connectivity index (χ1n) is 4.81. The molecule has 1 rings (SSSR count). The number of alkyl halides is 3. The number of halogens is 3. The zero-order valence-corrected chi connectivity index (χ0v) is 9.08. The second kappa shape index (κ2) is 4.37. The molecule has 0 bridgehead atoms. The van der Waals surface area contributed by atoms with Crippen LogP contribution in [0.5, 0.6) is 0 Å². The molecule has 0 aliphatic heterocycles. The molecule has 1 aromatic rings. The maximum Gasteiger partial charge on any atom is 0.416 e. The van der Waals surface area contributed by atoms with Crippen LogP contribution in [0.25, 0.3) is 0 Å². The minimum Gasteiger partial charge on any atom is -0.480 e. The molecule has 0 saturated heterocycles. The van der Waals surface area contributed by atoms with Crippen molar-refractivity contribution in [3.63, 3.8) is 0 Å². The number of benzene rings is 1. The third-order valence-electron chi connectivity index (χ3n) is 2.31. The van der Waals surface area contributed by atoms with Gasteiger partial charge in [-0.05, 0) is 18.6 Å². The molecule has 0 saturated carbocycles. The molecule has 0 aliphatic rings. The van der Waals surface area contributed by atoms with Crippen LogP contribution >= 0.6 is 0 Å². The van der Waals surface area contributed by atoms with Crippen molar-refractivity contribution in [2.45, 2.75) is 25.1 Å². The lowest BCUT2D eigenvalue weighted by Crippen LogP contribution is -2.46. The maximum absolute atomic E-state index is 12.4. The summed E-state index contributed by atoms with van der Waals surface area (Å²) in [5, 5.41) is 8.78. The van der Waals surface area contributed by atoms with Gasteiger partial charge in [0.05, 0.1) is 5.56 Å². The highest BCUT2D eigenvalue weighted by Gasteiger charge is 2.32. The summed E-state index contributed by atoms with van der Waals surface area (Å²) in [6, 6.07) is 4.49. The predicted molar refractivity (Wildman–Crippen MR) is 55.4 cm³/mol. The van der Waals surface area contributed by atoms with E-state index in [1.54, 1.807) is 0 Å². The molecular formula is C11H12F3NO2. The van der Waals surface area contributed by atoms with Crippen LogP contribution in [0.2, 0.25) is 0 Å². The van der Waals surface area contributed by atoms with Gasteiger partial charge in [-0.15, -0.1) is 0 Å². The minimum atomic E-state index is -4.44. The minimum absolute atomic E-state index is 0.160. The average molecular weight is 247 g/mol. The van der Waals surface area contributed by atoms with Crippen LogP contribution in [0, 0.1) is 0 Å². The lowest BCUT2D eigenvalue weighted by atomic mass is 9.93. The number of nitrogens with two attached hydrogens (primary N) is 1. The zero-order chi connectivity index (χ0) is 13.3. The van der Waals surface area contributed by atoms with Gasteiger partial charge in [-0.25, -0.2) is 0 Å². The van der Waals surface area contributed by atoms with E-state index in [1.807, 2.05) is 0 Å². The van der Waals surface area contributed by atoms with Crippen LogP contribution in [0.3, 0.4) is 0 Å². The summed E-state index contributed by atoms with van der Waals surface area (Å²) >= 11 is 0. The Hall–Kier alpha value is -1.56. The number of aliphatic carboxylic acids is 1. The molecule has 1 atom stereocenters. The van der Waals surface area contributed by atoms with Gasteiger partial charge in [0.1, 0.15) is 5.54 Å². The van der Waals surface area contributed by atoms with Crippen LogP contribution in [-0.4, -0.2) is 16.6 Å². The first-order chi connectivity index (χ1) is 7.63. The third-order valence-corrected chi connectivity index (χ3v) is 2.31. The number of carbonyl (C=O) groups is 1. The molecule has 0 amide bonds. The molecule has 3 N–H and O–H groups in total. The number of carboxylic acid groups (broad SMARTS) is 1.